The van der Waals surface area contributed by atoms with Gasteiger partial charge >= 0.3 is 5.97 Å². The summed E-state index contributed by atoms with van der Waals surface area (Å²) >= 11 is 0. The van der Waals surface area contributed by atoms with Crippen molar-refractivity contribution < 1.29 is 19.1 Å². The molecule has 0 bridgehead atoms. The Balaban J connectivity index is 1.78. The van der Waals surface area contributed by atoms with Gasteiger partial charge in [0.25, 0.3) is 0 Å². The maximum Gasteiger partial charge on any atom is 0.305 e. The fourth-order valence-corrected chi connectivity index (χ4v) is 3.52. The number of unbranched alkanes of at least 4 members (excludes halogenated alkanes) is 3. The van der Waals surface area contributed by atoms with Crippen LogP contribution < -0.4 is 0 Å². The summed E-state index contributed by atoms with van der Waals surface area (Å²) in [5.74, 6) is 0.0644. The molecule has 1 aromatic rings. The second-order valence-electron chi connectivity index (χ2n) is 7.27. The number of esters is 1. The number of hydrogen-bond acceptors (Lipinski definition) is 4. The number of piperidine rings is 1. The first-order chi connectivity index (χ1) is 13.6. The van der Waals surface area contributed by atoms with Gasteiger partial charge in [-0.1, -0.05) is 49.2 Å². The van der Waals surface area contributed by atoms with Gasteiger partial charge < -0.3 is 9.64 Å². The second kappa shape index (κ2) is 12.1. The molecule has 1 amide bonds. The number of carbonyl (C=O) groups is 3. The van der Waals surface area contributed by atoms with Crippen LogP contribution in [-0.4, -0.2) is 42.3 Å². The number of ether oxygens (including phenoxy) is 1. The van der Waals surface area contributed by atoms with Crippen LogP contribution in [0.25, 0.3) is 0 Å². The highest BCUT2D eigenvalue weighted by molar-refractivity contribution is 5.91. The SMILES string of the molecule is COC(=O)CCCCCCN1C(=O)CCC[C@@H]1C=CC(=O)Cc1ccccc1. The number of amides is 1. The lowest BCUT2D eigenvalue weighted by atomic mass is 9.99. The normalized spacial score (nSPS) is 17.1. The van der Waals surface area contributed by atoms with Gasteiger partial charge in [-0.15, -0.1) is 0 Å². The van der Waals surface area contributed by atoms with Crippen LogP contribution >= 0.6 is 0 Å². The highest BCUT2D eigenvalue weighted by Gasteiger charge is 2.25. The zero-order valence-electron chi connectivity index (χ0n) is 16.8. The molecule has 1 atom stereocenters. The Morgan fingerprint density at radius 3 is 2.64 bits per heavy atom. The van der Waals surface area contributed by atoms with E-state index in [1.807, 2.05) is 41.3 Å². The standard InChI is InChI=1S/C23H31NO4/c1-28-23(27)14-7-2-3-8-17-24-20(12-9-13-22(24)26)15-16-21(25)18-19-10-5-4-6-11-19/h4-6,10-11,15-16,20H,2-3,7-9,12-14,17-18H2,1H3/t20-/m1/s1. The van der Waals surface area contributed by atoms with Crippen LogP contribution in [0.5, 0.6) is 0 Å². The molecule has 0 saturated carbocycles. The molecule has 28 heavy (non-hydrogen) atoms. The molecule has 0 aromatic heterocycles. The molecule has 1 aromatic carbocycles. The minimum absolute atomic E-state index is 0.0102. The Morgan fingerprint density at radius 2 is 1.89 bits per heavy atom. The van der Waals surface area contributed by atoms with Gasteiger partial charge in [0.2, 0.25) is 5.91 Å². The highest BCUT2D eigenvalue weighted by Crippen LogP contribution is 2.20. The molecule has 5 nitrogen and oxygen atoms in total. The Bertz CT molecular complexity index is 668. The Kier molecular flexibility index (Phi) is 9.46. The van der Waals surface area contributed by atoms with E-state index in [1.54, 1.807) is 6.08 Å². The molecule has 2 rings (SSSR count). The molecular weight excluding hydrogens is 354 g/mol. The van der Waals surface area contributed by atoms with Crippen molar-refractivity contribution in [3.8, 4) is 0 Å². The third kappa shape index (κ3) is 7.67. The maximum absolute atomic E-state index is 12.3. The molecule has 0 N–H and O–H groups in total. The van der Waals surface area contributed by atoms with Crippen molar-refractivity contribution in [1.29, 1.82) is 0 Å². The van der Waals surface area contributed by atoms with Crippen LogP contribution in [0, 0.1) is 0 Å². The Hall–Kier alpha value is -2.43. The first-order valence-electron chi connectivity index (χ1n) is 10.2. The van der Waals surface area contributed by atoms with Crippen LogP contribution in [-0.2, 0) is 25.5 Å². The van der Waals surface area contributed by atoms with E-state index in [4.69, 9.17) is 0 Å². The molecule has 0 unspecified atom stereocenters. The topological polar surface area (TPSA) is 63.7 Å². The van der Waals surface area contributed by atoms with Crippen LogP contribution in [0.3, 0.4) is 0 Å². The molecule has 1 heterocycles. The van der Waals surface area contributed by atoms with Gasteiger partial charge in [-0.25, -0.2) is 0 Å². The average molecular weight is 386 g/mol. The number of carbonyl (C=O) groups excluding carboxylic acids is 3. The van der Waals surface area contributed by atoms with Crippen LogP contribution in [0.15, 0.2) is 42.5 Å². The summed E-state index contributed by atoms with van der Waals surface area (Å²) in [5.41, 5.74) is 1.00. The minimum Gasteiger partial charge on any atom is -0.469 e. The fourth-order valence-electron chi connectivity index (χ4n) is 3.52. The largest absolute Gasteiger partial charge is 0.469 e. The first-order valence-corrected chi connectivity index (χ1v) is 10.2. The zero-order valence-corrected chi connectivity index (χ0v) is 16.8. The number of likely N-dealkylation sites (tertiary alicyclic amines) is 1. The van der Waals surface area contributed by atoms with E-state index in [1.165, 1.54) is 7.11 Å². The third-order valence-electron chi connectivity index (χ3n) is 5.09. The molecule has 0 radical (unpaired) electrons. The van der Waals surface area contributed by atoms with Gasteiger partial charge in [0.15, 0.2) is 5.78 Å². The van der Waals surface area contributed by atoms with E-state index in [0.717, 1.165) is 44.1 Å². The average Bonchev–Trinajstić information content (AvgIpc) is 2.70. The fraction of sp³-hybridized carbons (Fsp3) is 0.522. The van der Waals surface area contributed by atoms with Gasteiger partial charge in [-0.2, -0.15) is 0 Å². The van der Waals surface area contributed by atoms with Gasteiger partial charge in [0.05, 0.1) is 13.2 Å². The van der Waals surface area contributed by atoms with E-state index < -0.39 is 0 Å². The van der Waals surface area contributed by atoms with E-state index in [-0.39, 0.29) is 23.7 Å². The summed E-state index contributed by atoms with van der Waals surface area (Å²) < 4.78 is 4.64. The number of methoxy groups -OCH3 is 1. The summed E-state index contributed by atoms with van der Waals surface area (Å²) in [7, 11) is 1.41. The van der Waals surface area contributed by atoms with E-state index in [2.05, 4.69) is 4.74 Å². The van der Waals surface area contributed by atoms with Crippen molar-refractivity contribution in [2.45, 2.75) is 63.8 Å². The lowest BCUT2D eigenvalue weighted by Crippen LogP contribution is -2.43. The summed E-state index contributed by atoms with van der Waals surface area (Å²) in [4.78, 5) is 37.6. The molecule has 1 fully saturated rings. The van der Waals surface area contributed by atoms with Crippen molar-refractivity contribution in [3.05, 3.63) is 48.0 Å². The minimum atomic E-state index is -0.170. The van der Waals surface area contributed by atoms with Crippen LogP contribution in [0.1, 0.15) is 56.9 Å². The monoisotopic (exact) mass is 385 g/mol. The van der Waals surface area contributed by atoms with Gasteiger partial charge in [-0.3, -0.25) is 14.4 Å². The number of rotatable bonds is 11. The number of benzene rings is 1. The predicted molar refractivity (Wildman–Crippen MR) is 109 cm³/mol. The maximum atomic E-state index is 12.3. The molecule has 5 heteroatoms. The number of ketones is 1. The third-order valence-corrected chi connectivity index (χ3v) is 5.09. The van der Waals surface area contributed by atoms with Crippen LogP contribution in [0.2, 0.25) is 0 Å². The molecule has 1 saturated heterocycles. The van der Waals surface area contributed by atoms with Gasteiger partial charge in [0.1, 0.15) is 0 Å². The Labute approximate surface area is 167 Å². The van der Waals surface area contributed by atoms with Crippen LogP contribution in [0.4, 0.5) is 0 Å². The molecule has 0 aliphatic carbocycles. The smallest absolute Gasteiger partial charge is 0.305 e. The quantitative estimate of drug-likeness (QED) is 0.330. The number of nitrogens with zero attached hydrogens (tertiary/aromatic N) is 1. The lowest BCUT2D eigenvalue weighted by Gasteiger charge is -2.34. The van der Waals surface area contributed by atoms with Crippen molar-refractivity contribution >= 4 is 17.7 Å². The zero-order chi connectivity index (χ0) is 20.2. The van der Waals surface area contributed by atoms with Gasteiger partial charge in [-0.05, 0) is 37.3 Å². The molecule has 152 valence electrons. The number of hydrogen-bond donors (Lipinski definition) is 0. The van der Waals surface area contributed by atoms with E-state index in [9.17, 15) is 14.4 Å². The summed E-state index contributed by atoms with van der Waals surface area (Å²) in [5, 5.41) is 0. The van der Waals surface area contributed by atoms with Crippen molar-refractivity contribution in [2.24, 2.45) is 0 Å². The lowest BCUT2D eigenvalue weighted by molar-refractivity contribution is -0.140. The van der Waals surface area contributed by atoms with Gasteiger partial charge in [0, 0.05) is 25.8 Å². The molecule has 1 aliphatic heterocycles. The van der Waals surface area contributed by atoms with Crippen molar-refractivity contribution in [2.75, 3.05) is 13.7 Å². The van der Waals surface area contributed by atoms with E-state index >= 15 is 0 Å². The molecule has 0 spiro atoms. The van der Waals surface area contributed by atoms with E-state index in [0.29, 0.717) is 25.8 Å². The van der Waals surface area contributed by atoms with Crippen molar-refractivity contribution in [3.63, 3.8) is 0 Å². The highest BCUT2D eigenvalue weighted by atomic mass is 16.5. The first kappa shape index (κ1) is 21.9. The molecule has 1 aliphatic rings. The van der Waals surface area contributed by atoms with Crippen molar-refractivity contribution in [1.82, 2.24) is 4.90 Å². The summed E-state index contributed by atoms with van der Waals surface area (Å²) in [6, 6.07) is 9.70. The Morgan fingerprint density at radius 1 is 1.14 bits per heavy atom. The summed E-state index contributed by atoms with van der Waals surface area (Å²) in [6.07, 6.45) is 10.4. The second-order valence-corrected chi connectivity index (χ2v) is 7.27. The molecular formula is C23H31NO4. The summed E-state index contributed by atoms with van der Waals surface area (Å²) in [6.45, 7) is 0.707. The number of allylic oxidation sites excluding steroid dienone is 1. The predicted octanol–water partition coefficient (Wildman–Crippen LogP) is 3.86.